The van der Waals surface area contributed by atoms with Gasteiger partial charge in [-0.1, -0.05) is 36.4 Å². The predicted molar refractivity (Wildman–Crippen MR) is 194 cm³/mol. The van der Waals surface area contributed by atoms with Gasteiger partial charge in [-0.15, -0.1) is 0 Å². The summed E-state index contributed by atoms with van der Waals surface area (Å²) >= 11 is -0.00320. The van der Waals surface area contributed by atoms with Crippen LogP contribution in [0, 0.1) is 10.5 Å². The third-order valence-electron chi connectivity index (χ3n) is 9.69. The number of nitrogens with zero attached hydrogens (tertiary/aromatic N) is 2. The minimum absolute atomic E-state index is 0.00320. The van der Waals surface area contributed by atoms with Crippen molar-refractivity contribution in [3.8, 4) is 0 Å². The number of nitrogens with one attached hydrogen (secondary N) is 1. The summed E-state index contributed by atoms with van der Waals surface area (Å²) in [6.45, 7) is 4.15. The van der Waals surface area contributed by atoms with Gasteiger partial charge in [0.15, 0.2) is 0 Å². The van der Waals surface area contributed by atoms with Gasteiger partial charge in [-0.05, 0) is 24.6 Å². The molecule has 2 aliphatic heterocycles. The molecule has 3 atom stereocenters. The number of hydrogen-bond acceptors (Lipinski definition) is 4. The Balaban J connectivity index is 1.20. The molecule has 5 aromatic rings. The van der Waals surface area contributed by atoms with E-state index < -0.39 is 0 Å². The molecule has 5 heteroatoms. The zero-order chi connectivity index (χ0) is 32.1. The molecule has 0 aromatic heterocycles. The molecule has 3 aliphatic rings. The fourth-order valence-corrected chi connectivity index (χ4v) is 8.68. The van der Waals surface area contributed by atoms with Crippen molar-refractivity contribution in [2.45, 2.75) is 31.8 Å². The quantitative estimate of drug-likeness (QED) is 0.0918. The predicted octanol–water partition coefficient (Wildman–Crippen LogP) is 6.44. The molecule has 0 fully saturated rings. The number of rotatable bonds is 6. The van der Waals surface area contributed by atoms with Gasteiger partial charge in [0.2, 0.25) is 0 Å². The molecule has 1 aliphatic carbocycles. The normalized spacial score (nSPS) is 20.1. The first-order valence-electron chi connectivity index (χ1n) is 16.2. The van der Waals surface area contributed by atoms with Gasteiger partial charge in [0.05, 0.1) is 12.6 Å². The van der Waals surface area contributed by atoms with Crippen LogP contribution in [0.5, 0.6) is 0 Å². The van der Waals surface area contributed by atoms with Crippen LogP contribution in [-0.4, -0.2) is 28.9 Å². The number of benzene rings is 5. The summed E-state index contributed by atoms with van der Waals surface area (Å²) in [6, 6.07) is 31.1. The Labute approximate surface area is 286 Å². The minimum atomic E-state index is -0.0782. The van der Waals surface area contributed by atoms with E-state index in [9.17, 15) is 5.11 Å². The summed E-state index contributed by atoms with van der Waals surface area (Å²) < 4.78 is 1.45. The Morgan fingerprint density at radius 2 is 1.72 bits per heavy atom. The third-order valence-corrected chi connectivity index (χ3v) is 11.6. The van der Waals surface area contributed by atoms with Crippen LogP contribution in [0.2, 0.25) is 0 Å². The average Bonchev–Trinajstić information content (AvgIpc) is 3.45. The standard InChI is InChI=1S/C42H37IN3O/c1-4-5-10-29(25-47)46-39-14-9-8-13-32(39)37-22-27(16-20-40(37)46)30-11-6-7-12-31(30)38-24-44-41-33-19-17-28(43-3)23-36(33)35-21-26(2)15-18-34(35)42(41)45-38/h4-24,37-38,40,45,47H,25H2,1-3H3/q-1/b5-4-,29-10+. The molecule has 0 spiro atoms. The van der Waals surface area contributed by atoms with Gasteiger partial charge in [0, 0.05) is 17.3 Å². The van der Waals surface area contributed by atoms with Crippen molar-refractivity contribution in [1.29, 1.82) is 0 Å². The Kier molecular flexibility index (Phi) is 7.82. The maximum absolute atomic E-state index is 10.4. The second-order valence-electron chi connectivity index (χ2n) is 12.4. The Hall–Kier alpha value is -4.46. The summed E-state index contributed by atoms with van der Waals surface area (Å²) in [5.74, 6) is 0.169. The molecule has 2 heterocycles. The monoisotopic (exact) mass is 726 g/mol. The molecule has 0 radical (unpaired) electrons. The van der Waals surface area contributed by atoms with Crippen molar-refractivity contribution in [2.24, 2.45) is 4.99 Å². The van der Waals surface area contributed by atoms with Gasteiger partial charge in [-0.25, -0.2) is 0 Å². The molecular weight excluding hydrogens is 689 g/mol. The number of halogens is 1. The molecular formula is C42H37IN3O-. The van der Waals surface area contributed by atoms with Crippen molar-refractivity contribution in [2.75, 3.05) is 21.8 Å². The number of alkyl halides is 1. The van der Waals surface area contributed by atoms with E-state index in [-0.39, 0.29) is 45.8 Å². The first-order chi connectivity index (χ1) is 23.1. The molecule has 3 unspecified atom stereocenters. The van der Waals surface area contributed by atoms with Gasteiger partial charge >= 0.3 is 187 Å². The number of anilines is 2. The summed E-state index contributed by atoms with van der Waals surface area (Å²) in [5, 5.41) is 19.3. The van der Waals surface area contributed by atoms with E-state index in [1.807, 2.05) is 25.2 Å². The van der Waals surface area contributed by atoms with E-state index in [0.717, 1.165) is 22.8 Å². The van der Waals surface area contributed by atoms with E-state index in [1.165, 1.54) is 52.9 Å². The molecule has 234 valence electrons. The first-order valence-corrected chi connectivity index (χ1v) is 19.4. The van der Waals surface area contributed by atoms with Crippen molar-refractivity contribution in [1.82, 2.24) is 0 Å². The van der Waals surface area contributed by atoms with E-state index >= 15 is 0 Å². The second kappa shape index (κ2) is 12.3. The van der Waals surface area contributed by atoms with E-state index in [4.69, 9.17) is 4.99 Å². The molecule has 4 nitrogen and oxygen atoms in total. The summed E-state index contributed by atoms with van der Waals surface area (Å²) in [7, 11) is 0. The summed E-state index contributed by atoms with van der Waals surface area (Å²) in [5.41, 5.74) is 10.3. The zero-order valence-electron chi connectivity index (χ0n) is 26.8. The van der Waals surface area contributed by atoms with Crippen molar-refractivity contribution in [3.05, 3.63) is 153 Å². The first kappa shape index (κ1) is 29.9. The number of allylic oxidation sites excluding steroid dienone is 5. The van der Waals surface area contributed by atoms with E-state index in [2.05, 4.69) is 131 Å². The Morgan fingerprint density at radius 1 is 0.936 bits per heavy atom. The van der Waals surface area contributed by atoms with Gasteiger partial charge in [-0.2, -0.15) is 0 Å². The van der Waals surface area contributed by atoms with Crippen LogP contribution in [0.1, 0.15) is 41.1 Å². The van der Waals surface area contributed by atoms with Crippen molar-refractivity contribution >= 4 is 50.4 Å². The summed E-state index contributed by atoms with van der Waals surface area (Å²) in [4.78, 5) is 9.80. The number of aliphatic imine (C=N–C) groups is 1. The maximum atomic E-state index is 10.4. The summed E-state index contributed by atoms with van der Waals surface area (Å²) in [6.07, 6.45) is 15.1. The number of fused-ring (bicyclic) bond motifs is 9. The smallest absolute Gasteiger partial charge is 0.0603 e. The molecule has 8 rings (SSSR count). The van der Waals surface area contributed by atoms with Crippen LogP contribution in [0.15, 0.2) is 132 Å². The number of aliphatic hydroxyl groups excluding tert-OH is 1. The van der Waals surface area contributed by atoms with Crippen LogP contribution >= 0.6 is 0 Å². The number of hydrogen-bond donors (Lipinski definition) is 2. The van der Waals surface area contributed by atoms with Crippen LogP contribution < -0.4 is 31.4 Å². The number of para-hydroxylation sites is 1. The van der Waals surface area contributed by atoms with Crippen LogP contribution in [0.25, 0.3) is 27.1 Å². The topological polar surface area (TPSA) is 47.9 Å². The molecule has 0 saturated carbocycles. The van der Waals surface area contributed by atoms with Crippen molar-refractivity contribution in [3.63, 3.8) is 0 Å². The Bertz CT molecular complexity index is 2210. The van der Waals surface area contributed by atoms with Crippen LogP contribution in [0.3, 0.4) is 0 Å². The van der Waals surface area contributed by atoms with Crippen molar-refractivity contribution < 1.29 is 26.3 Å². The fraction of sp³-hybridized carbons (Fsp3) is 0.167. The third kappa shape index (κ3) is 5.04. The second-order valence-corrected chi connectivity index (χ2v) is 14.7. The van der Waals surface area contributed by atoms with Gasteiger partial charge < -0.3 is 10.0 Å². The van der Waals surface area contributed by atoms with Crippen LogP contribution in [0.4, 0.5) is 17.1 Å². The molecule has 5 aromatic carbocycles. The fourth-order valence-electron chi connectivity index (χ4n) is 7.52. The van der Waals surface area contributed by atoms with Gasteiger partial charge in [0.25, 0.3) is 0 Å². The average molecular weight is 727 g/mol. The molecule has 0 saturated heterocycles. The van der Waals surface area contributed by atoms with E-state index in [1.54, 1.807) is 0 Å². The minimum Gasteiger partial charge on any atom is -0.0603 e. The Morgan fingerprint density at radius 3 is 2.55 bits per heavy atom. The molecule has 0 amide bonds. The number of aryl methyl sites for hydroxylation is 1. The van der Waals surface area contributed by atoms with E-state index in [0.29, 0.717) is 0 Å². The number of aliphatic hydroxyl groups is 1. The molecule has 2 N–H and O–H groups in total. The van der Waals surface area contributed by atoms with Gasteiger partial charge in [-0.3, -0.25) is 0 Å². The van der Waals surface area contributed by atoms with Gasteiger partial charge in [0.1, 0.15) is 0 Å². The molecule has 0 bridgehead atoms. The SMILES string of the molecule is C/C=C\C=C(/CO)N1c2ccccc2C2C=C(c3ccccc3C3C=Nc4c(c5ccc(C)cc5c5cc([I-]C)ccc45)N3)C=CC21. The zero-order valence-corrected chi connectivity index (χ0v) is 28.9. The molecule has 47 heavy (non-hydrogen) atoms. The van der Waals surface area contributed by atoms with Crippen LogP contribution in [-0.2, 0) is 0 Å².